The van der Waals surface area contributed by atoms with Crippen LogP contribution in [0.2, 0.25) is 0 Å². The summed E-state index contributed by atoms with van der Waals surface area (Å²) in [6.07, 6.45) is 5.39. The van der Waals surface area contributed by atoms with Gasteiger partial charge in [-0.25, -0.2) is 0 Å². The number of carbonyl (C=O) groups excluding carboxylic acids is 1. The highest BCUT2D eigenvalue weighted by Crippen LogP contribution is 2.30. The van der Waals surface area contributed by atoms with Crippen LogP contribution in [0.15, 0.2) is 5.38 Å². The van der Waals surface area contributed by atoms with Crippen molar-refractivity contribution in [2.45, 2.75) is 32.1 Å². The van der Waals surface area contributed by atoms with E-state index >= 15 is 0 Å². The molecule has 0 spiro atoms. The number of hydrogen-bond acceptors (Lipinski definition) is 6. The molecule has 1 amide bonds. The van der Waals surface area contributed by atoms with Gasteiger partial charge in [-0.05, 0) is 56.3 Å². The molecule has 2 aromatic rings. The van der Waals surface area contributed by atoms with E-state index in [1.165, 1.54) is 35.3 Å². The molecule has 3 rings (SSSR count). The summed E-state index contributed by atoms with van der Waals surface area (Å²) >= 11 is 3.01. The second kappa shape index (κ2) is 6.85. The molecule has 22 heavy (non-hydrogen) atoms. The quantitative estimate of drug-likeness (QED) is 0.912. The smallest absolute Gasteiger partial charge is 0.267 e. The lowest BCUT2D eigenvalue weighted by atomic mass is 9.94. The van der Waals surface area contributed by atoms with Gasteiger partial charge in [0.25, 0.3) is 5.91 Å². The molecule has 1 aliphatic rings. The number of anilines is 1. The van der Waals surface area contributed by atoms with Crippen LogP contribution >= 0.6 is 22.7 Å². The second-order valence-corrected chi connectivity index (χ2v) is 7.73. The van der Waals surface area contributed by atoms with Gasteiger partial charge in [-0.15, -0.1) is 21.5 Å². The molecule has 0 saturated carbocycles. The van der Waals surface area contributed by atoms with Crippen LogP contribution in [-0.2, 0) is 19.3 Å². The fourth-order valence-corrected chi connectivity index (χ4v) is 4.37. The fraction of sp³-hybridized carbons (Fsp3) is 0.533. The number of fused-ring (bicyclic) bond motifs is 1. The maximum absolute atomic E-state index is 12.5. The lowest BCUT2D eigenvalue weighted by Crippen LogP contribution is -2.14. The highest BCUT2D eigenvalue weighted by Gasteiger charge is 2.21. The number of aryl methyl sites for hydroxylation is 1. The van der Waals surface area contributed by atoms with E-state index < -0.39 is 0 Å². The molecule has 0 aliphatic heterocycles. The summed E-state index contributed by atoms with van der Waals surface area (Å²) in [4.78, 5) is 15.4. The summed E-state index contributed by atoms with van der Waals surface area (Å²) in [5.74, 6) is -0.0385. The Morgan fingerprint density at radius 2 is 2.14 bits per heavy atom. The summed E-state index contributed by atoms with van der Waals surface area (Å²) in [5, 5.41) is 14.8. The number of thiophene rings is 1. The zero-order valence-corrected chi connectivity index (χ0v) is 14.5. The van der Waals surface area contributed by atoms with Gasteiger partial charge < -0.3 is 4.90 Å². The number of amides is 1. The van der Waals surface area contributed by atoms with Crippen molar-refractivity contribution in [1.29, 1.82) is 0 Å². The van der Waals surface area contributed by atoms with Gasteiger partial charge in [-0.2, -0.15) is 0 Å². The zero-order valence-electron chi connectivity index (χ0n) is 12.9. The normalized spacial score (nSPS) is 14.1. The molecule has 0 saturated heterocycles. The van der Waals surface area contributed by atoms with E-state index in [2.05, 4.69) is 25.8 Å². The summed E-state index contributed by atoms with van der Waals surface area (Å²) in [7, 11) is 4.06. The lowest BCUT2D eigenvalue weighted by molar-refractivity contribution is 0.102. The first-order valence-corrected chi connectivity index (χ1v) is 9.21. The van der Waals surface area contributed by atoms with Gasteiger partial charge in [0.05, 0.1) is 4.88 Å². The molecule has 0 unspecified atom stereocenters. The van der Waals surface area contributed by atoms with E-state index in [0.717, 1.165) is 35.7 Å². The Hall–Kier alpha value is -1.31. The molecular weight excluding hydrogens is 316 g/mol. The van der Waals surface area contributed by atoms with Gasteiger partial charge in [-0.3, -0.25) is 10.1 Å². The van der Waals surface area contributed by atoms with Crippen LogP contribution in [0.4, 0.5) is 5.13 Å². The minimum Gasteiger partial charge on any atom is -0.309 e. The molecule has 0 atom stereocenters. The van der Waals surface area contributed by atoms with Crippen LogP contribution in [-0.4, -0.2) is 41.6 Å². The van der Waals surface area contributed by atoms with Crippen molar-refractivity contribution in [2.24, 2.45) is 0 Å². The number of likely N-dealkylation sites (N-methyl/N-ethyl adjacent to an activating group) is 1. The molecular formula is C15H20N4OS2. The largest absolute Gasteiger partial charge is 0.309 e. The van der Waals surface area contributed by atoms with E-state index in [1.54, 1.807) is 11.3 Å². The van der Waals surface area contributed by atoms with Gasteiger partial charge in [0.2, 0.25) is 5.13 Å². The van der Waals surface area contributed by atoms with E-state index in [4.69, 9.17) is 0 Å². The Bertz CT molecular complexity index is 662. The van der Waals surface area contributed by atoms with Crippen molar-refractivity contribution in [3.8, 4) is 0 Å². The van der Waals surface area contributed by atoms with E-state index in [-0.39, 0.29) is 5.91 Å². The Morgan fingerprint density at radius 3 is 2.95 bits per heavy atom. The molecule has 1 aliphatic carbocycles. The van der Waals surface area contributed by atoms with E-state index in [0.29, 0.717) is 5.13 Å². The summed E-state index contributed by atoms with van der Waals surface area (Å²) in [6.45, 7) is 0.932. The molecule has 5 nitrogen and oxygen atoms in total. The van der Waals surface area contributed by atoms with Crippen LogP contribution in [0.1, 0.15) is 38.6 Å². The van der Waals surface area contributed by atoms with Crippen molar-refractivity contribution >= 4 is 33.7 Å². The minimum absolute atomic E-state index is 0.0385. The molecule has 118 valence electrons. The molecule has 0 bridgehead atoms. The summed E-state index contributed by atoms with van der Waals surface area (Å²) < 4.78 is 0. The number of carbonyl (C=O) groups is 1. The van der Waals surface area contributed by atoms with Crippen molar-refractivity contribution in [2.75, 3.05) is 26.0 Å². The average molecular weight is 336 g/mol. The van der Waals surface area contributed by atoms with Gasteiger partial charge >= 0.3 is 0 Å². The third-order valence-electron chi connectivity index (χ3n) is 3.77. The Balaban J connectivity index is 1.66. The number of nitrogens with zero attached hydrogens (tertiary/aromatic N) is 3. The van der Waals surface area contributed by atoms with Crippen molar-refractivity contribution in [3.05, 3.63) is 26.4 Å². The van der Waals surface area contributed by atoms with Gasteiger partial charge in [0, 0.05) is 13.0 Å². The molecule has 0 aromatic carbocycles. The molecule has 0 fully saturated rings. The zero-order chi connectivity index (χ0) is 15.5. The highest BCUT2D eigenvalue weighted by molar-refractivity contribution is 7.15. The molecule has 7 heteroatoms. The van der Waals surface area contributed by atoms with E-state index in [9.17, 15) is 4.79 Å². The first kappa shape index (κ1) is 15.6. The van der Waals surface area contributed by atoms with Crippen LogP contribution in [0.3, 0.4) is 0 Å². The van der Waals surface area contributed by atoms with Crippen LogP contribution in [0.25, 0.3) is 0 Å². The third kappa shape index (κ3) is 3.53. The average Bonchev–Trinajstić information content (AvgIpc) is 3.11. The molecule has 0 radical (unpaired) electrons. The van der Waals surface area contributed by atoms with Gasteiger partial charge in [-0.1, -0.05) is 11.3 Å². The SMILES string of the molecule is CN(C)CCc1nnc(NC(=O)c2scc3c2CCCC3)s1. The summed E-state index contributed by atoms with van der Waals surface area (Å²) in [6, 6.07) is 0. The van der Waals surface area contributed by atoms with Crippen molar-refractivity contribution in [1.82, 2.24) is 15.1 Å². The maximum Gasteiger partial charge on any atom is 0.267 e. The fourth-order valence-electron chi connectivity index (χ4n) is 2.59. The first-order chi connectivity index (χ1) is 10.6. The molecule has 1 N–H and O–H groups in total. The molecule has 2 heterocycles. The first-order valence-electron chi connectivity index (χ1n) is 7.51. The van der Waals surface area contributed by atoms with E-state index in [1.807, 2.05) is 14.1 Å². The maximum atomic E-state index is 12.5. The Morgan fingerprint density at radius 1 is 1.32 bits per heavy atom. The van der Waals surface area contributed by atoms with Crippen molar-refractivity contribution in [3.63, 3.8) is 0 Å². The van der Waals surface area contributed by atoms with Gasteiger partial charge in [0.1, 0.15) is 5.01 Å². The topological polar surface area (TPSA) is 58.1 Å². The summed E-state index contributed by atoms with van der Waals surface area (Å²) in [5.41, 5.74) is 2.59. The minimum atomic E-state index is -0.0385. The number of nitrogens with one attached hydrogen (secondary N) is 1. The Labute approximate surface area is 138 Å². The third-order valence-corrected chi connectivity index (χ3v) is 5.74. The van der Waals surface area contributed by atoms with Crippen LogP contribution in [0.5, 0.6) is 0 Å². The second-order valence-electron chi connectivity index (χ2n) is 5.78. The van der Waals surface area contributed by atoms with Crippen molar-refractivity contribution < 1.29 is 4.79 Å². The predicted molar refractivity (Wildman–Crippen MR) is 91.1 cm³/mol. The predicted octanol–water partition coefficient (Wildman–Crippen LogP) is 2.83. The lowest BCUT2D eigenvalue weighted by Gasteiger charge is -2.12. The highest BCUT2D eigenvalue weighted by atomic mass is 32.1. The number of hydrogen-bond donors (Lipinski definition) is 1. The monoisotopic (exact) mass is 336 g/mol. The number of rotatable bonds is 5. The molecule has 2 aromatic heterocycles. The van der Waals surface area contributed by atoms with Crippen LogP contribution in [0, 0.1) is 0 Å². The number of aromatic nitrogens is 2. The Kier molecular flexibility index (Phi) is 4.85. The standard InChI is InChI=1S/C15H20N4OS2/c1-19(2)8-7-12-17-18-15(22-12)16-14(20)13-11-6-4-3-5-10(11)9-21-13/h9H,3-8H2,1-2H3,(H,16,18,20). The van der Waals surface area contributed by atoms with Gasteiger partial charge in [0.15, 0.2) is 0 Å². The van der Waals surface area contributed by atoms with Crippen LogP contribution < -0.4 is 5.32 Å².